The number of carbonyl (C=O) groups excluding carboxylic acids is 3. The minimum atomic E-state index is -0.853. The van der Waals surface area contributed by atoms with Crippen molar-refractivity contribution in [2.75, 3.05) is 18.6 Å². The number of amides is 1. The number of Topliss-reactive ketones (excluding diaryl/α,β-unsaturated/α-hetero) is 1. The minimum absolute atomic E-state index is 0.222. The Morgan fingerprint density at radius 2 is 2.00 bits per heavy atom. The molecule has 0 heterocycles. The van der Waals surface area contributed by atoms with Gasteiger partial charge in [0.1, 0.15) is 6.04 Å². The predicted octanol–water partition coefficient (Wildman–Crippen LogP) is -0.296. The van der Waals surface area contributed by atoms with Crippen LogP contribution in [0.4, 0.5) is 0 Å². The third-order valence-corrected chi connectivity index (χ3v) is 2.83. The summed E-state index contributed by atoms with van der Waals surface area (Å²) in [5, 5.41) is 2.27. The minimum Gasteiger partial charge on any atom is -0.464 e. The van der Waals surface area contributed by atoms with E-state index in [2.05, 4.69) is 5.32 Å². The highest BCUT2D eigenvalue weighted by Gasteiger charge is 2.25. The molecule has 0 unspecified atom stereocenters. The van der Waals surface area contributed by atoms with Crippen LogP contribution in [0.5, 0.6) is 0 Å². The van der Waals surface area contributed by atoms with Crippen molar-refractivity contribution in [1.29, 1.82) is 0 Å². The Morgan fingerprint density at radius 1 is 1.39 bits per heavy atom. The lowest BCUT2D eigenvalue weighted by atomic mass is 10.1. The number of esters is 1. The zero-order valence-electron chi connectivity index (χ0n) is 10.9. The largest absolute Gasteiger partial charge is 0.464 e. The maximum Gasteiger partial charge on any atom is 0.328 e. The Kier molecular flexibility index (Phi) is 8.40. The average molecular weight is 276 g/mol. The van der Waals surface area contributed by atoms with Crippen LogP contribution < -0.4 is 11.1 Å². The average Bonchev–Trinajstić information content (AvgIpc) is 2.34. The zero-order valence-corrected chi connectivity index (χ0v) is 11.7. The molecule has 1 amide bonds. The molecule has 0 aliphatic rings. The molecule has 0 saturated carbocycles. The van der Waals surface area contributed by atoms with Gasteiger partial charge in [-0.2, -0.15) is 11.8 Å². The second-order valence-corrected chi connectivity index (χ2v) is 4.69. The molecular weight excluding hydrogens is 256 g/mol. The number of hydrogen-bond acceptors (Lipinski definition) is 6. The summed E-state index contributed by atoms with van der Waals surface area (Å²) < 4.78 is 4.71. The smallest absolute Gasteiger partial charge is 0.328 e. The van der Waals surface area contributed by atoms with Crippen molar-refractivity contribution in [2.45, 2.75) is 32.4 Å². The van der Waals surface area contributed by atoms with E-state index in [-0.39, 0.29) is 6.61 Å². The molecule has 6 nitrogen and oxygen atoms in total. The molecule has 0 bridgehead atoms. The van der Waals surface area contributed by atoms with Gasteiger partial charge in [0.2, 0.25) is 5.78 Å². The van der Waals surface area contributed by atoms with Gasteiger partial charge in [-0.3, -0.25) is 9.59 Å². The van der Waals surface area contributed by atoms with Crippen LogP contribution in [0.3, 0.4) is 0 Å². The summed E-state index contributed by atoms with van der Waals surface area (Å²) in [7, 11) is 0. The van der Waals surface area contributed by atoms with Gasteiger partial charge in [-0.15, -0.1) is 0 Å². The molecule has 0 fully saturated rings. The van der Waals surface area contributed by atoms with Crippen LogP contribution in [0, 0.1) is 0 Å². The lowest BCUT2D eigenvalue weighted by Crippen LogP contribution is -2.48. The number of ether oxygens (including phenoxy) is 1. The maximum atomic E-state index is 11.6. The van der Waals surface area contributed by atoms with Crippen LogP contribution in [-0.4, -0.2) is 48.4 Å². The summed E-state index contributed by atoms with van der Waals surface area (Å²) in [6, 6.07) is -1.68. The van der Waals surface area contributed by atoms with Crippen molar-refractivity contribution in [3.8, 4) is 0 Å². The lowest BCUT2D eigenvalue weighted by Gasteiger charge is -2.14. The molecule has 0 saturated heterocycles. The molecule has 3 N–H and O–H groups in total. The third-order valence-electron chi connectivity index (χ3n) is 2.18. The molecule has 0 radical (unpaired) electrons. The van der Waals surface area contributed by atoms with E-state index in [0.29, 0.717) is 12.2 Å². The van der Waals surface area contributed by atoms with Crippen molar-refractivity contribution in [2.24, 2.45) is 5.73 Å². The quantitative estimate of drug-likeness (QED) is 0.467. The summed E-state index contributed by atoms with van der Waals surface area (Å²) in [6.07, 6.45) is 2.32. The first-order valence-electron chi connectivity index (χ1n) is 5.69. The summed E-state index contributed by atoms with van der Waals surface area (Å²) in [6.45, 7) is 3.34. The van der Waals surface area contributed by atoms with Crippen LogP contribution in [0.25, 0.3) is 0 Å². The fourth-order valence-corrected chi connectivity index (χ4v) is 1.63. The van der Waals surface area contributed by atoms with Crippen LogP contribution >= 0.6 is 11.8 Å². The number of carbonyl (C=O) groups is 3. The summed E-state index contributed by atoms with van der Waals surface area (Å²) >= 11 is 1.55. The SMILES string of the molecule is CCOC(=O)[C@H](C)NC(=O)C(=O)[C@@H](N)CCSC. The van der Waals surface area contributed by atoms with Crippen molar-refractivity contribution in [3.63, 3.8) is 0 Å². The molecule has 0 aliphatic heterocycles. The Labute approximate surface area is 111 Å². The van der Waals surface area contributed by atoms with Gasteiger partial charge in [0, 0.05) is 0 Å². The predicted molar refractivity (Wildman–Crippen MR) is 70.2 cm³/mol. The topological polar surface area (TPSA) is 98.5 Å². The molecule has 2 atom stereocenters. The molecule has 0 aromatic carbocycles. The Balaban J connectivity index is 4.22. The lowest BCUT2D eigenvalue weighted by molar-refractivity contribution is -0.148. The van der Waals surface area contributed by atoms with Gasteiger partial charge in [0.15, 0.2) is 0 Å². The second-order valence-electron chi connectivity index (χ2n) is 3.70. The third kappa shape index (κ3) is 6.02. The second kappa shape index (κ2) is 8.93. The number of nitrogens with two attached hydrogens (primary N) is 1. The van der Waals surface area contributed by atoms with E-state index in [1.807, 2.05) is 6.26 Å². The fraction of sp³-hybridized carbons (Fsp3) is 0.727. The molecule has 104 valence electrons. The standard InChI is InChI=1S/C11H20N2O4S/c1-4-17-11(16)7(2)13-10(15)9(14)8(12)5-6-18-3/h7-8H,4-6,12H2,1-3H3,(H,13,15)/t7-,8-/m0/s1. The van der Waals surface area contributed by atoms with Crippen LogP contribution in [-0.2, 0) is 19.1 Å². The highest BCUT2D eigenvalue weighted by Crippen LogP contribution is 2.00. The van der Waals surface area contributed by atoms with Crippen molar-refractivity contribution in [3.05, 3.63) is 0 Å². The number of hydrogen-bond donors (Lipinski definition) is 2. The van der Waals surface area contributed by atoms with E-state index >= 15 is 0 Å². The first kappa shape index (κ1) is 16.9. The monoisotopic (exact) mass is 276 g/mol. The normalized spacial score (nSPS) is 13.6. The molecule has 0 spiro atoms. The number of ketones is 1. The Hall–Kier alpha value is -1.08. The summed E-state index contributed by atoms with van der Waals surface area (Å²) in [5.41, 5.74) is 5.57. The van der Waals surface area contributed by atoms with E-state index in [1.165, 1.54) is 6.92 Å². The van der Waals surface area contributed by atoms with E-state index in [9.17, 15) is 14.4 Å². The van der Waals surface area contributed by atoms with Gasteiger partial charge in [-0.25, -0.2) is 4.79 Å². The molecule has 0 aliphatic carbocycles. The first-order chi connectivity index (χ1) is 8.43. The summed E-state index contributed by atoms with van der Waals surface area (Å²) in [4.78, 5) is 34.3. The highest BCUT2D eigenvalue weighted by atomic mass is 32.2. The molecule has 0 aromatic rings. The van der Waals surface area contributed by atoms with Gasteiger partial charge < -0.3 is 15.8 Å². The zero-order chi connectivity index (χ0) is 14.1. The molecule has 0 aromatic heterocycles. The van der Waals surface area contributed by atoms with Gasteiger partial charge in [0.05, 0.1) is 12.6 Å². The van der Waals surface area contributed by atoms with Crippen LogP contribution in [0.1, 0.15) is 20.3 Å². The maximum absolute atomic E-state index is 11.6. The first-order valence-corrected chi connectivity index (χ1v) is 7.09. The van der Waals surface area contributed by atoms with Gasteiger partial charge in [-0.1, -0.05) is 0 Å². The van der Waals surface area contributed by atoms with Gasteiger partial charge in [-0.05, 0) is 32.3 Å². The van der Waals surface area contributed by atoms with Crippen molar-refractivity contribution < 1.29 is 19.1 Å². The Morgan fingerprint density at radius 3 is 2.50 bits per heavy atom. The van der Waals surface area contributed by atoms with E-state index in [4.69, 9.17) is 10.5 Å². The number of thioether (sulfide) groups is 1. The molecular formula is C11H20N2O4S. The van der Waals surface area contributed by atoms with Gasteiger partial charge in [0.25, 0.3) is 5.91 Å². The molecule has 0 rings (SSSR count). The van der Waals surface area contributed by atoms with Crippen LogP contribution in [0.15, 0.2) is 0 Å². The van der Waals surface area contributed by atoms with Crippen LogP contribution in [0.2, 0.25) is 0 Å². The molecule has 18 heavy (non-hydrogen) atoms. The Bertz CT molecular complexity index is 309. The molecule has 7 heteroatoms. The van der Waals surface area contributed by atoms with Gasteiger partial charge >= 0.3 is 5.97 Å². The van der Waals surface area contributed by atoms with E-state index < -0.39 is 29.7 Å². The fourth-order valence-electron chi connectivity index (χ4n) is 1.14. The van der Waals surface area contributed by atoms with E-state index in [0.717, 1.165) is 0 Å². The number of rotatable bonds is 8. The van der Waals surface area contributed by atoms with Crippen molar-refractivity contribution in [1.82, 2.24) is 5.32 Å². The summed E-state index contributed by atoms with van der Waals surface area (Å²) in [5.74, 6) is -1.42. The number of nitrogens with one attached hydrogen (secondary N) is 1. The van der Waals surface area contributed by atoms with E-state index in [1.54, 1.807) is 18.7 Å². The van der Waals surface area contributed by atoms with Crippen molar-refractivity contribution >= 4 is 29.4 Å². The highest BCUT2D eigenvalue weighted by molar-refractivity contribution is 7.98.